The summed E-state index contributed by atoms with van der Waals surface area (Å²) in [6.45, 7) is 2.08. The predicted octanol–water partition coefficient (Wildman–Crippen LogP) is 4.39. The van der Waals surface area contributed by atoms with Crippen LogP contribution in [0.4, 0.5) is 5.69 Å². The molecule has 3 aromatic carbocycles. The van der Waals surface area contributed by atoms with Gasteiger partial charge >= 0.3 is 0 Å². The van der Waals surface area contributed by atoms with E-state index in [2.05, 4.69) is 20.9 Å². The highest BCUT2D eigenvalue weighted by Crippen LogP contribution is 2.35. The van der Waals surface area contributed by atoms with Gasteiger partial charge in [0.2, 0.25) is 5.91 Å². The first-order chi connectivity index (χ1) is 17.2. The van der Waals surface area contributed by atoms with E-state index in [4.69, 9.17) is 4.74 Å². The van der Waals surface area contributed by atoms with Crippen molar-refractivity contribution in [2.24, 2.45) is 0 Å². The lowest BCUT2D eigenvalue weighted by Crippen LogP contribution is -2.39. The van der Waals surface area contributed by atoms with Gasteiger partial charge in [-0.05, 0) is 67.1 Å². The first kappa shape index (κ1) is 21.4. The fourth-order valence-electron chi connectivity index (χ4n) is 5.05. The van der Waals surface area contributed by atoms with Crippen molar-refractivity contribution in [1.29, 1.82) is 5.26 Å². The smallest absolute Gasteiger partial charge is 0.244 e. The average Bonchev–Trinajstić information content (AvgIpc) is 3.47. The van der Waals surface area contributed by atoms with Crippen LogP contribution >= 0.6 is 0 Å². The molecule has 2 aliphatic rings. The molecule has 3 heterocycles. The number of nitrogens with zero attached hydrogens (tertiary/aromatic N) is 4. The van der Waals surface area contributed by atoms with E-state index in [1.54, 1.807) is 6.07 Å². The molecule has 0 aliphatic carbocycles. The number of rotatable bonds is 0. The number of aryl methyl sites for hydroxylation is 1. The third kappa shape index (κ3) is 4.02. The second kappa shape index (κ2) is 8.90. The van der Waals surface area contributed by atoms with Crippen LogP contribution in [0.15, 0.2) is 67.1 Å². The number of fused-ring (bicyclic) bond motifs is 7. The average molecular weight is 464 g/mol. The highest BCUT2D eigenvalue weighted by atomic mass is 16.5. The quantitative estimate of drug-likeness (QED) is 0.418. The van der Waals surface area contributed by atoms with Crippen LogP contribution in [0.1, 0.15) is 29.7 Å². The fourth-order valence-corrected chi connectivity index (χ4v) is 5.05. The van der Waals surface area contributed by atoms with E-state index in [1.165, 1.54) is 0 Å². The summed E-state index contributed by atoms with van der Waals surface area (Å²) in [5, 5.41) is 15.1. The van der Waals surface area contributed by atoms with Crippen LogP contribution in [-0.4, -0.2) is 34.6 Å². The third-order valence-electron chi connectivity index (χ3n) is 6.87. The summed E-state index contributed by atoms with van der Waals surface area (Å²) >= 11 is 0. The van der Waals surface area contributed by atoms with E-state index in [-0.39, 0.29) is 11.9 Å². The van der Waals surface area contributed by atoms with Crippen molar-refractivity contribution < 1.29 is 9.53 Å². The van der Waals surface area contributed by atoms with Crippen LogP contribution < -0.4 is 15.0 Å². The number of amides is 1. The Morgan fingerprint density at radius 2 is 2.09 bits per heavy atom. The van der Waals surface area contributed by atoms with E-state index in [1.807, 2.05) is 66.0 Å². The van der Waals surface area contributed by atoms with E-state index >= 15 is 0 Å². The molecule has 174 valence electrons. The van der Waals surface area contributed by atoms with Gasteiger partial charge in [-0.2, -0.15) is 5.26 Å². The maximum absolute atomic E-state index is 13.3. The molecule has 2 aliphatic heterocycles. The van der Waals surface area contributed by atoms with E-state index < -0.39 is 0 Å². The molecule has 7 nitrogen and oxygen atoms in total. The third-order valence-corrected chi connectivity index (χ3v) is 6.87. The Balaban J connectivity index is 1.45. The standard InChI is InChI=1S/C28H25N5O2/c29-15-21-7-6-19-13-27(21)35-23-9-8-20-3-1-5-26(24(20)14-23)33-12-10-25(28(33)34)31-11-2-4-22-16-30-18-32(22)17-19/h1,3,5-9,13-14,16,18,25,31H,2,4,10-12,17H2/t25-/m1/s1. The normalized spacial score (nSPS) is 18.0. The zero-order valence-electron chi connectivity index (χ0n) is 19.3. The van der Waals surface area contributed by atoms with Gasteiger partial charge in [0, 0.05) is 30.4 Å². The Labute approximate surface area is 203 Å². The number of nitriles is 1. The molecule has 0 spiro atoms. The van der Waals surface area contributed by atoms with Gasteiger partial charge in [0.05, 0.1) is 23.6 Å². The molecule has 0 radical (unpaired) electrons. The molecule has 4 aromatic rings. The van der Waals surface area contributed by atoms with Gasteiger partial charge in [-0.25, -0.2) is 4.98 Å². The van der Waals surface area contributed by atoms with Crippen molar-refractivity contribution in [2.45, 2.75) is 31.8 Å². The Bertz CT molecular complexity index is 1470. The topological polar surface area (TPSA) is 83.2 Å². The molecule has 1 amide bonds. The van der Waals surface area contributed by atoms with Crippen molar-refractivity contribution >= 4 is 22.4 Å². The number of carbonyl (C=O) groups is 1. The molecule has 1 fully saturated rings. The highest BCUT2D eigenvalue weighted by Gasteiger charge is 2.32. The molecule has 0 saturated carbocycles. The van der Waals surface area contributed by atoms with Crippen molar-refractivity contribution in [3.05, 3.63) is 83.9 Å². The predicted molar refractivity (Wildman–Crippen MR) is 134 cm³/mol. The molecule has 1 N–H and O–H groups in total. The van der Waals surface area contributed by atoms with Crippen molar-refractivity contribution in [1.82, 2.24) is 14.9 Å². The minimum atomic E-state index is -0.175. The monoisotopic (exact) mass is 463 g/mol. The second-order valence-corrected chi connectivity index (χ2v) is 9.11. The number of carbonyl (C=O) groups excluding carboxylic acids is 1. The van der Waals surface area contributed by atoms with Crippen molar-refractivity contribution in [2.75, 3.05) is 18.0 Å². The zero-order valence-corrected chi connectivity index (χ0v) is 19.3. The first-order valence-electron chi connectivity index (χ1n) is 12.0. The Hall–Kier alpha value is -4.15. The Morgan fingerprint density at radius 3 is 3.00 bits per heavy atom. The maximum Gasteiger partial charge on any atom is 0.244 e. The second-order valence-electron chi connectivity index (χ2n) is 9.11. The van der Waals surface area contributed by atoms with E-state index in [0.29, 0.717) is 30.2 Å². The number of nitrogens with one attached hydrogen (secondary N) is 1. The summed E-state index contributed by atoms with van der Waals surface area (Å²) in [6.07, 6.45) is 6.29. The molecule has 6 rings (SSSR count). The lowest BCUT2D eigenvalue weighted by molar-refractivity contribution is -0.118. The lowest BCUT2D eigenvalue weighted by atomic mass is 10.1. The van der Waals surface area contributed by atoms with Crippen LogP contribution in [0.5, 0.6) is 11.5 Å². The van der Waals surface area contributed by atoms with Crippen LogP contribution in [0.2, 0.25) is 0 Å². The number of imidazole rings is 1. The largest absolute Gasteiger partial charge is 0.456 e. The molecule has 7 heteroatoms. The number of aromatic nitrogens is 2. The van der Waals surface area contributed by atoms with Crippen LogP contribution in [0.25, 0.3) is 10.8 Å². The number of hydrogen-bond acceptors (Lipinski definition) is 5. The van der Waals surface area contributed by atoms with Gasteiger partial charge in [0.15, 0.2) is 0 Å². The van der Waals surface area contributed by atoms with Crippen molar-refractivity contribution in [3.63, 3.8) is 0 Å². The molecular weight excluding hydrogens is 438 g/mol. The SMILES string of the molecule is N#Cc1ccc2cc1Oc1ccc3cccc(c3c1)N1CC[C@@H](NCCCc3cncn3C2)C1=O. The molecule has 1 atom stereocenters. The maximum atomic E-state index is 13.3. The highest BCUT2D eigenvalue weighted by molar-refractivity contribution is 6.07. The van der Waals surface area contributed by atoms with Crippen LogP contribution in [0, 0.1) is 11.3 Å². The van der Waals surface area contributed by atoms with Gasteiger partial charge < -0.3 is 19.5 Å². The fraction of sp³-hybridized carbons (Fsp3) is 0.250. The zero-order chi connectivity index (χ0) is 23.8. The number of ether oxygens (including phenoxy) is 1. The van der Waals surface area contributed by atoms with Crippen LogP contribution in [-0.2, 0) is 17.8 Å². The first-order valence-corrected chi connectivity index (χ1v) is 12.0. The van der Waals surface area contributed by atoms with Gasteiger partial charge in [-0.3, -0.25) is 4.79 Å². The molecule has 1 saturated heterocycles. The summed E-state index contributed by atoms with van der Waals surface area (Å²) < 4.78 is 8.38. The molecular formula is C28H25N5O2. The van der Waals surface area contributed by atoms with Gasteiger partial charge in [-0.1, -0.05) is 24.3 Å². The number of benzene rings is 3. The minimum absolute atomic E-state index is 0.106. The molecule has 1 aromatic heterocycles. The number of anilines is 1. The van der Waals surface area contributed by atoms with Crippen LogP contribution in [0.3, 0.4) is 0 Å². The van der Waals surface area contributed by atoms with E-state index in [9.17, 15) is 10.1 Å². The Morgan fingerprint density at radius 1 is 1.14 bits per heavy atom. The molecule has 35 heavy (non-hydrogen) atoms. The van der Waals surface area contributed by atoms with Gasteiger partial charge in [0.1, 0.15) is 17.6 Å². The summed E-state index contributed by atoms with van der Waals surface area (Å²) in [4.78, 5) is 19.5. The minimum Gasteiger partial charge on any atom is -0.456 e. The molecule has 0 unspecified atom stereocenters. The summed E-state index contributed by atoms with van der Waals surface area (Å²) in [5.41, 5.74) is 3.54. The summed E-state index contributed by atoms with van der Waals surface area (Å²) in [6, 6.07) is 19.6. The summed E-state index contributed by atoms with van der Waals surface area (Å²) in [5.74, 6) is 1.25. The molecule has 6 bridgehead atoms. The lowest BCUT2D eigenvalue weighted by Gasteiger charge is -2.20. The summed E-state index contributed by atoms with van der Waals surface area (Å²) in [7, 11) is 0. The van der Waals surface area contributed by atoms with Crippen molar-refractivity contribution in [3.8, 4) is 17.6 Å². The Kier molecular flexibility index (Phi) is 5.44. The number of hydrogen-bond donors (Lipinski definition) is 1. The van der Waals surface area contributed by atoms with Gasteiger partial charge in [0.25, 0.3) is 0 Å². The van der Waals surface area contributed by atoms with E-state index in [0.717, 1.165) is 53.5 Å². The van der Waals surface area contributed by atoms with Gasteiger partial charge in [-0.15, -0.1) is 0 Å².